The van der Waals surface area contributed by atoms with Crippen LogP contribution in [0, 0.1) is 0 Å². The summed E-state index contributed by atoms with van der Waals surface area (Å²) >= 11 is 3.52. The van der Waals surface area contributed by atoms with Gasteiger partial charge in [-0.1, -0.05) is 27.2 Å². The number of oxime groups is 1. The Bertz CT molecular complexity index is 960. The molecule has 0 spiro atoms. The van der Waals surface area contributed by atoms with Gasteiger partial charge in [0.25, 0.3) is 0 Å². The van der Waals surface area contributed by atoms with Crippen LogP contribution in [0.15, 0.2) is 34.2 Å². The Morgan fingerprint density at radius 1 is 1.41 bits per heavy atom. The predicted molar refractivity (Wildman–Crippen MR) is 103 cm³/mol. The van der Waals surface area contributed by atoms with Gasteiger partial charge in [-0.05, 0) is 26.0 Å². The van der Waals surface area contributed by atoms with Gasteiger partial charge in [0.1, 0.15) is 12.1 Å². The van der Waals surface area contributed by atoms with Crippen LogP contribution in [-0.4, -0.2) is 41.0 Å². The van der Waals surface area contributed by atoms with Crippen molar-refractivity contribution in [2.75, 3.05) is 18.9 Å². The highest BCUT2D eigenvalue weighted by atomic mass is 79.9. The van der Waals surface area contributed by atoms with E-state index >= 15 is 0 Å². The summed E-state index contributed by atoms with van der Waals surface area (Å²) in [5.74, 6) is 0.417. The Morgan fingerprint density at radius 2 is 2.22 bits per heavy atom. The number of nitrogens with two attached hydrogens (primary N) is 1. The standard InChI is InChI=1S/C18H18BrN5O3/c1-18(2)13-14(22-8-23-16(13)20)11-4-3-9(19)5-12(11)15(18)24-26-7-10-6-21-17(25)27-10/h3-5,8,10H,6-7H2,1-2H3,(H,21,25)(H2,20,22,23)/b24-15+. The van der Waals surface area contributed by atoms with Crippen LogP contribution in [0.2, 0.25) is 0 Å². The van der Waals surface area contributed by atoms with E-state index < -0.39 is 11.5 Å². The molecule has 140 valence electrons. The Hall–Kier alpha value is -2.68. The van der Waals surface area contributed by atoms with Gasteiger partial charge >= 0.3 is 6.09 Å². The molecular formula is C18H18BrN5O3. The maximum atomic E-state index is 11.1. The number of hydrogen-bond donors (Lipinski definition) is 2. The monoisotopic (exact) mass is 431 g/mol. The second kappa shape index (κ2) is 6.49. The number of alkyl carbamates (subject to hydrolysis) is 1. The molecule has 1 aliphatic carbocycles. The van der Waals surface area contributed by atoms with Crippen molar-refractivity contribution in [1.29, 1.82) is 0 Å². The predicted octanol–water partition coefficient (Wildman–Crippen LogP) is 2.61. The van der Waals surface area contributed by atoms with Gasteiger partial charge in [-0.2, -0.15) is 0 Å². The summed E-state index contributed by atoms with van der Waals surface area (Å²) in [5, 5.41) is 7.00. The lowest BCUT2D eigenvalue weighted by molar-refractivity contribution is 0.0487. The van der Waals surface area contributed by atoms with Gasteiger partial charge in [0.2, 0.25) is 0 Å². The normalized spacial score (nSPS) is 21.2. The van der Waals surface area contributed by atoms with E-state index in [0.717, 1.165) is 26.9 Å². The number of nitrogens with zero attached hydrogens (tertiary/aromatic N) is 3. The first-order valence-corrected chi connectivity index (χ1v) is 9.23. The van der Waals surface area contributed by atoms with Crippen LogP contribution in [-0.2, 0) is 15.0 Å². The second-order valence-corrected chi connectivity index (χ2v) is 7.86. The van der Waals surface area contributed by atoms with Gasteiger partial charge < -0.3 is 20.6 Å². The van der Waals surface area contributed by atoms with Crippen LogP contribution in [0.4, 0.5) is 10.6 Å². The summed E-state index contributed by atoms with van der Waals surface area (Å²) in [6.07, 6.45) is 0.662. The number of anilines is 1. The molecule has 2 heterocycles. The highest BCUT2D eigenvalue weighted by molar-refractivity contribution is 9.10. The number of carbonyl (C=O) groups is 1. The number of amides is 1. The number of rotatable bonds is 3. The van der Waals surface area contributed by atoms with Gasteiger partial charge in [0, 0.05) is 26.6 Å². The Balaban J connectivity index is 1.77. The molecule has 1 amide bonds. The van der Waals surface area contributed by atoms with Crippen LogP contribution in [0.25, 0.3) is 11.3 Å². The van der Waals surface area contributed by atoms with Crippen molar-refractivity contribution in [3.63, 3.8) is 0 Å². The minimum Gasteiger partial charge on any atom is -0.441 e. The van der Waals surface area contributed by atoms with Gasteiger partial charge in [0.15, 0.2) is 12.7 Å². The molecule has 1 saturated heterocycles. The van der Waals surface area contributed by atoms with Crippen LogP contribution < -0.4 is 11.1 Å². The number of nitrogens with one attached hydrogen (secondary N) is 1. The van der Waals surface area contributed by atoms with Gasteiger partial charge in [-0.25, -0.2) is 14.8 Å². The smallest absolute Gasteiger partial charge is 0.407 e. The summed E-state index contributed by atoms with van der Waals surface area (Å²) < 4.78 is 6.00. The van der Waals surface area contributed by atoms with Crippen molar-refractivity contribution in [3.05, 3.63) is 40.1 Å². The van der Waals surface area contributed by atoms with E-state index in [4.69, 9.17) is 15.3 Å². The fourth-order valence-corrected chi connectivity index (χ4v) is 3.83. The summed E-state index contributed by atoms with van der Waals surface area (Å²) in [5.41, 5.74) is 9.76. The number of fused-ring (bicyclic) bond motifs is 3. The quantitative estimate of drug-likeness (QED) is 0.722. The van der Waals surface area contributed by atoms with E-state index in [1.165, 1.54) is 6.33 Å². The van der Waals surface area contributed by atoms with Crippen molar-refractivity contribution >= 4 is 33.6 Å². The molecule has 9 heteroatoms. The molecule has 2 aliphatic rings. The molecule has 1 aliphatic heterocycles. The highest BCUT2D eigenvalue weighted by Crippen LogP contribution is 2.44. The molecule has 8 nitrogen and oxygen atoms in total. The van der Waals surface area contributed by atoms with Gasteiger partial charge in [-0.15, -0.1) is 0 Å². The summed E-state index contributed by atoms with van der Waals surface area (Å²) in [6.45, 7) is 4.58. The van der Waals surface area contributed by atoms with Crippen molar-refractivity contribution in [1.82, 2.24) is 15.3 Å². The molecule has 1 fully saturated rings. The first-order valence-electron chi connectivity index (χ1n) is 8.44. The highest BCUT2D eigenvalue weighted by Gasteiger charge is 2.40. The number of halogens is 1. The molecule has 2 aromatic rings. The number of cyclic esters (lactones) is 1. The van der Waals surface area contributed by atoms with Crippen molar-refractivity contribution in [2.45, 2.75) is 25.4 Å². The number of carbonyl (C=O) groups excluding carboxylic acids is 1. The average Bonchev–Trinajstić information content (AvgIpc) is 3.02. The van der Waals surface area contributed by atoms with Crippen molar-refractivity contribution in [3.8, 4) is 11.3 Å². The second-order valence-electron chi connectivity index (χ2n) is 6.94. The largest absolute Gasteiger partial charge is 0.441 e. The van der Waals surface area contributed by atoms with Crippen LogP contribution in [0.1, 0.15) is 25.0 Å². The van der Waals surface area contributed by atoms with E-state index in [1.807, 2.05) is 32.0 Å². The number of hydrogen-bond acceptors (Lipinski definition) is 7. The first-order chi connectivity index (χ1) is 12.9. The zero-order valence-electron chi connectivity index (χ0n) is 14.8. The lowest BCUT2D eigenvalue weighted by atomic mass is 9.70. The maximum Gasteiger partial charge on any atom is 0.407 e. The average molecular weight is 432 g/mol. The number of nitrogen functional groups attached to an aromatic ring is 1. The number of aromatic nitrogens is 2. The third-order valence-electron chi connectivity index (χ3n) is 4.75. The number of ether oxygens (including phenoxy) is 1. The van der Waals surface area contributed by atoms with Gasteiger partial charge in [0.05, 0.1) is 18.0 Å². The molecule has 1 aromatic heterocycles. The molecule has 1 atom stereocenters. The molecule has 1 unspecified atom stereocenters. The van der Waals surface area contributed by atoms with Crippen molar-refractivity contribution < 1.29 is 14.4 Å². The van der Waals surface area contributed by atoms with E-state index in [-0.39, 0.29) is 12.7 Å². The molecule has 0 bridgehead atoms. The maximum absolute atomic E-state index is 11.1. The van der Waals surface area contributed by atoms with E-state index in [0.29, 0.717) is 18.1 Å². The first kappa shape index (κ1) is 17.7. The Labute approximate surface area is 164 Å². The minimum absolute atomic E-state index is 0.162. The zero-order chi connectivity index (χ0) is 19.2. The molecule has 0 radical (unpaired) electrons. The van der Waals surface area contributed by atoms with E-state index in [1.54, 1.807) is 0 Å². The third kappa shape index (κ3) is 3.01. The molecule has 3 N–H and O–H groups in total. The summed E-state index contributed by atoms with van der Waals surface area (Å²) in [7, 11) is 0. The van der Waals surface area contributed by atoms with Crippen LogP contribution in [0.3, 0.4) is 0 Å². The SMILES string of the molecule is CC1(C)/C(=N/OCC2CNC(=O)O2)c2cc(Br)ccc2-c2ncnc(N)c21. The third-order valence-corrected chi connectivity index (χ3v) is 5.24. The summed E-state index contributed by atoms with van der Waals surface area (Å²) in [4.78, 5) is 25.3. The van der Waals surface area contributed by atoms with E-state index in [2.05, 4.69) is 36.4 Å². The Kier molecular flexibility index (Phi) is 4.26. The van der Waals surface area contributed by atoms with Crippen LogP contribution in [0.5, 0.6) is 0 Å². The minimum atomic E-state index is -0.570. The molecule has 1 aromatic carbocycles. The van der Waals surface area contributed by atoms with Crippen LogP contribution >= 0.6 is 15.9 Å². The molecule has 0 saturated carbocycles. The lowest BCUT2D eigenvalue weighted by Gasteiger charge is -2.34. The van der Waals surface area contributed by atoms with Gasteiger partial charge in [-0.3, -0.25) is 0 Å². The fraction of sp³-hybridized carbons (Fsp3) is 0.333. The lowest BCUT2D eigenvalue weighted by Crippen LogP contribution is -2.36. The molecular weight excluding hydrogens is 414 g/mol. The fourth-order valence-electron chi connectivity index (χ4n) is 3.47. The number of benzene rings is 1. The van der Waals surface area contributed by atoms with Crippen molar-refractivity contribution in [2.24, 2.45) is 5.16 Å². The van der Waals surface area contributed by atoms with E-state index in [9.17, 15) is 4.79 Å². The zero-order valence-corrected chi connectivity index (χ0v) is 16.4. The summed E-state index contributed by atoms with van der Waals surface area (Å²) in [6, 6.07) is 5.90. The molecule has 27 heavy (non-hydrogen) atoms. The Morgan fingerprint density at radius 3 is 2.96 bits per heavy atom. The molecule has 4 rings (SSSR count). The topological polar surface area (TPSA) is 112 Å².